The fourth-order valence-corrected chi connectivity index (χ4v) is 3.91. The predicted molar refractivity (Wildman–Crippen MR) is 122 cm³/mol. The Kier molecular flexibility index (Phi) is 6.04. The molecular formula is C24H20FN3O2S. The highest BCUT2D eigenvalue weighted by Crippen LogP contribution is 2.28. The molecule has 0 unspecified atom stereocenters. The zero-order valence-corrected chi connectivity index (χ0v) is 17.4. The molecule has 7 heteroatoms. The van der Waals surface area contributed by atoms with Gasteiger partial charge in [-0.05, 0) is 54.2 Å². The molecule has 1 aliphatic rings. The molecule has 1 fully saturated rings. The molecule has 0 aromatic heterocycles. The second-order valence-corrected chi connectivity index (χ2v) is 7.55. The number of carbonyl (C=O) groups excluding carboxylic acids is 2. The first kappa shape index (κ1) is 20.7. The smallest absolute Gasteiger partial charge is 0.256 e. The number of nitrogens with one attached hydrogen (secondary N) is 1. The van der Waals surface area contributed by atoms with Gasteiger partial charge in [0.05, 0.1) is 12.1 Å². The van der Waals surface area contributed by atoms with Gasteiger partial charge in [-0.3, -0.25) is 14.5 Å². The molecule has 1 saturated heterocycles. The van der Waals surface area contributed by atoms with Crippen molar-refractivity contribution in [1.82, 2.24) is 4.90 Å². The van der Waals surface area contributed by atoms with Crippen molar-refractivity contribution < 1.29 is 14.0 Å². The average molecular weight is 434 g/mol. The number of benzene rings is 3. The summed E-state index contributed by atoms with van der Waals surface area (Å²) in [5.74, 6) is -0.888. The topological polar surface area (TPSA) is 52.7 Å². The van der Waals surface area contributed by atoms with Crippen molar-refractivity contribution in [2.75, 3.05) is 10.2 Å². The Morgan fingerprint density at radius 3 is 2.19 bits per heavy atom. The third kappa shape index (κ3) is 4.62. The van der Waals surface area contributed by atoms with E-state index in [-0.39, 0.29) is 30.6 Å². The van der Waals surface area contributed by atoms with Gasteiger partial charge in [0.1, 0.15) is 11.9 Å². The molecular weight excluding hydrogens is 413 g/mol. The summed E-state index contributed by atoms with van der Waals surface area (Å²) in [4.78, 5) is 29.2. The molecule has 3 aromatic carbocycles. The van der Waals surface area contributed by atoms with Gasteiger partial charge in [-0.25, -0.2) is 4.39 Å². The van der Waals surface area contributed by atoms with Crippen molar-refractivity contribution in [1.29, 1.82) is 0 Å². The number of nitrogens with zero attached hydrogens (tertiary/aromatic N) is 2. The van der Waals surface area contributed by atoms with Crippen LogP contribution in [0.3, 0.4) is 0 Å². The van der Waals surface area contributed by atoms with Crippen LogP contribution in [0.2, 0.25) is 0 Å². The molecule has 1 N–H and O–H groups in total. The molecule has 0 saturated carbocycles. The molecule has 5 nitrogen and oxygen atoms in total. The number of amides is 2. The Labute approximate surface area is 185 Å². The Morgan fingerprint density at radius 1 is 0.935 bits per heavy atom. The van der Waals surface area contributed by atoms with Gasteiger partial charge in [0.25, 0.3) is 5.91 Å². The molecule has 0 radical (unpaired) electrons. The van der Waals surface area contributed by atoms with E-state index in [4.69, 9.17) is 12.2 Å². The summed E-state index contributed by atoms with van der Waals surface area (Å²) in [6.07, 6.45) is -0.0571. The third-order valence-corrected chi connectivity index (χ3v) is 5.45. The third-order valence-electron chi connectivity index (χ3n) is 5.04. The molecule has 1 aliphatic heterocycles. The van der Waals surface area contributed by atoms with E-state index >= 15 is 0 Å². The highest BCUT2D eigenvalue weighted by atomic mass is 32.1. The molecule has 3 aromatic rings. The SMILES string of the molecule is O=C(C[C@@H]1C(=O)N(c2ccccc2)C(=S)N1Cc1ccc(F)cc1)Nc1ccccc1. The lowest BCUT2D eigenvalue weighted by Crippen LogP contribution is -2.37. The quantitative estimate of drug-likeness (QED) is 0.587. The Morgan fingerprint density at radius 2 is 1.55 bits per heavy atom. The van der Waals surface area contributed by atoms with E-state index in [0.29, 0.717) is 16.5 Å². The van der Waals surface area contributed by atoms with Gasteiger partial charge in [0.15, 0.2) is 5.11 Å². The van der Waals surface area contributed by atoms with Crippen molar-refractivity contribution in [3.05, 3.63) is 96.3 Å². The Balaban J connectivity index is 1.60. The lowest BCUT2D eigenvalue weighted by Gasteiger charge is -2.24. The van der Waals surface area contributed by atoms with E-state index in [2.05, 4.69) is 5.32 Å². The lowest BCUT2D eigenvalue weighted by molar-refractivity contribution is -0.124. The second-order valence-electron chi connectivity index (χ2n) is 7.18. The highest BCUT2D eigenvalue weighted by Gasteiger charge is 2.44. The first-order chi connectivity index (χ1) is 15.0. The summed E-state index contributed by atoms with van der Waals surface area (Å²) in [6, 6.07) is 23.4. The standard InChI is InChI=1S/C24H20FN3O2S/c25-18-13-11-17(12-14-18)16-27-21(15-22(29)26-19-7-3-1-4-8-19)23(30)28(24(27)31)20-9-5-2-6-10-20/h1-14,21H,15-16H2,(H,26,29)/t21-/m1/s1. The maximum atomic E-state index is 13.3. The Bertz CT molecular complexity index is 1090. The van der Waals surface area contributed by atoms with E-state index < -0.39 is 6.04 Å². The van der Waals surface area contributed by atoms with Crippen LogP contribution in [0.15, 0.2) is 84.9 Å². The van der Waals surface area contributed by atoms with Crippen LogP contribution in [-0.2, 0) is 16.1 Å². The number of thiocarbonyl (C=S) groups is 1. The molecule has 4 rings (SSSR count). The number of carbonyl (C=O) groups is 2. The molecule has 31 heavy (non-hydrogen) atoms. The van der Waals surface area contributed by atoms with Crippen molar-refractivity contribution in [3.8, 4) is 0 Å². The summed E-state index contributed by atoms with van der Waals surface area (Å²) >= 11 is 5.63. The minimum atomic E-state index is -0.763. The molecule has 2 amide bonds. The van der Waals surface area contributed by atoms with Gasteiger partial charge in [-0.15, -0.1) is 0 Å². The van der Waals surface area contributed by atoms with E-state index in [1.807, 2.05) is 36.4 Å². The van der Waals surface area contributed by atoms with E-state index in [1.165, 1.54) is 17.0 Å². The summed E-state index contributed by atoms with van der Waals surface area (Å²) in [6.45, 7) is 0.289. The van der Waals surface area contributed by atoms with Gasteiger partial charge in [-0.1, -0.05) is 48.5 Å². The van der Waals surface area contributed by atoms with E-state index in [9.17, 15) is 14.0 Å². The summed E-state index contributed by atoms with van der Waals surface area (Å²) in [7, 11) is 0. The first-order valence-corrected chi connectivity index (χ1v) is 10.2. The van der Waals surface area contributed by atoms with Crippen molar-refractivity contribution in [2.45, 2.75) is 19.0 Å². The zero-order chi connectivity index (χ0) is 21.8. The van der Waals surface area contributed by atoms with Gasteiger partial charge >= 0.3 is 0 Å². The van der Waals surface area contributed by atoms with Crippen LogP contribution in [0.5, 0.6) is 0 Å². The maximum Gasteiger partial charge on any atom is 0.256 e. The van der Waals surface area contributed by atoms with Crippen LogP contribution in [0.1, 0.15) is 12.0 Å². The number of para-hydroxylation sites is 2. The summed E-state index contributed by atoms with van der Waals surface area (Å²) in [5.41, 5.74) is 2.10. The summed E-state index contributed by atoms with van der Waals surface area (Å²) in [5, 5.41) is 3.14. The molecule has 0 aliphatic carbocycles. The number of halogens is 1. The normalized spacial score (nSPS) is 16.0. The highest BCUT2D eigenvalue weighted by molar-refractivity contribution is 7.80. The minimum Gasteiger partial charge on any atom is -0.332 e. The zero-order valence-electron chi connectivity index (χ0n) is 16.6. The number of anilines is 2. The summed E-state index contributed by atoms with van der Waals surface area (Å²) < 4.78 is 13.3. The monoisotopic (exact) mass is 433 g/mol. The number of hydrogen-bond acceptors (Lipinski definition) is 3. The van der Waals surface area contributed by atoms with Gasteiger partial charge in [-0.2, -0.15) is 0 Å². The van der Waals surface area contributed by atoms with Crippen LogP contribution >= 0.6 is 12.2 Å². The predicted octanol–water partition coefficient (Wildman–Crippen LogP) is 4.36. The second kappa shape index (κ2) is 9.06. The van der Waals surface area contributed by atoms with Crippen LogP contribution in [0, 0.1) is 5.82 Å². The largest absolute Gasteiger partial charge is 0.332 e. The Hall–Kier alpha value is -3.58. The van der Waals surface area contributed by atoms with Crippen LogP contribution < -0.4 is 10.2 Å². The van der Waals surface area contributed by atoms with Crippen molar-refractivity contribution >= 4 is 40.5 Å². The van der Waals surface area contributed by atoms with Crippen molar-refractivity contribution in [3.63, 3.8) is 0 Å². The van der Waals surface area contributed by atoms with Crippen LogP contribution in [-0.4, -0.2) is 27.9 Å². The fraction of sp³-hybridized carbons (Fsp3) is 0.125. The lowest BCUT2D eigenvalue weighted by atomic mass is 10.1. The van der Waals surface area contributed by atoms with Gasteiger partial charge in [0.2, 0.25) is 5.91 Å². The number of hydrogen-bond donors (Lipinski definition) is 1. The molecule has 1 atom stereocenters. The van der Waals surface area contributed by atoms with Crippen molar-refractivity contribution in [2.24, 2.45) is 0 Å². The van der Waals surface area contributed by atoms with Gasteiger partial charge < -0.3 is 10.2 Å². The minimum absolute atomic E-state index is 0.0571. The molecule has 0 spiro atoms. The van der Waals surface area contributed by atoms with Gasteiger partial charge in [0, 0.05) is 12.2 Å². The maximum absolute atomic E-state index is 13.3. The van der Waals surface area contributed by atoms with Crippen LogP contribution in [0.4, 0.5) is 15.8 Å². The fourth-order valence-electron chi connectivity index (χ4n) is 3.52. The number of rotatable bonds is 6. The molecule has 0 bridgehead atoms. The van der Waals surface area contributed by atoms with Crippen LogP contribution in [0.25, 0.3) is 0 Å². The van der Waals surface area contributed by atoms with E-state index in [0.717, 1.165) is 5.56 Å². The van der Waals surface area contributed by atoms with E-state index in [1.54, 1.807) is 41.3 Å². The average Bonchev–Trinajstić information content (AvgIpc) is 3.00. The first-order valence-electron chi connectivity index (χ1n) is 9.82. The molecule has 156 valence electrons. The molecule has 1 heterocycles.